The predicted molar refractivity (Wildman–Crippen MR) is 90.1 cm³/mol. The summed E-state index contributed by atoms with van der Waals surface area (Å²) >= 11 is 0. The Morgan fingerprint density at radius 2 is 1.68 bits per heavy atom. The minimum absolute atomic E-state index is 0.119. The Morgan fingerprint density at radius 3 is 2.45 bits per heavy atom. The van der Waals surface area contributed by atoms with Gasteiger partial charge in [-0.25, -0.2) is 0 Å². The smallest absolute Gasteiger partial charge is 0.255 e. The molecule has 22 heavy (non-hydrogen) atoms. The molecule has 0 aliphatic heterocycles. The number of nitrogens with zero attached hydrogens (tertiary/aromatic N) is 1. The number of hydrogen-bond donors (Lipinski definition) is 2. The zero-order chi connectivity index (χ0) is 15.4. The van der Waals surface area contributed by atoms with Crippen LogP contribution in [-0.4, -0.2) is 12.1 Å². The lowest BCUT2D eigenvalue weighted by Gasteiger charge is -2.07. The van der Waals surface area contributed by atoms with Gasteiger partial charge >= 0.3 is 0 Å². The third-order valence-electron chi connectivity index (χ3n) is 3.38. The van der Waals surface area contributed by atoms with Gasteiger partial charge in [0, 0.05) is 11.3 Å². The number of nitrogens with two attached hydrogens (primary N) is 1. The highest BCUT2D eigenvalue weighted by Gasteiger charge is 2.05. The van der Waals surface area contributed by atoms with Gasteiger partial charge < -0.3 is 11.2 Å². The first-order valence-electron chi connectivity index (χ1n) is 6.90. The quantitative estimate of drug-likeness (QED) is 0.441. The Hall–Kier alpha value is -3.14. The minimum atomic E-state index is -0.119. The number of benzene rings is 3. The van der Waals surface area contributed by atoms with E-state index in [-0.39, 0.29) is 5.91 Å². The number of carbonyl (C=O) groups excluding carboxylic acids is 1. The van der Waals surface area contributed by atoms with E-state index >= 15 is 0 Å². The average Bonchev–Trinajstić information content (AvgIpc) is 2.56. The van der Waals surface area contributed by atoms with Gasteiger partial charge in [0.05, 0.1) is 6.21 Å². The van der Waals surface area contributed by atoms with Crippen LogP contribution in [0.25, 0.3) is 10.8 Å². The zero-order valence-electron chi connectivity index (χ0n) is 11.9. The van der Waals surface area contributed by atoms with Gasteiger partial charge in [0.1, 0.15) is 0 Å². The van der Waals surface area contributed by atoms with Crippen LogP contribution in [0.15, 0.2) is 71.8 Å². The van der Waals surface area contributed by atoms with Crippen molar-refractivity contribution in [1.29, 1.82) is 0 Å². The van der Waals surface area contributed by atoms with Crippen molar-refractivity contribution in [3.05, 3.63) is 77.9 Å². The number of carbonyl (C=O) groups is 1. The molecule has 4 nitrogen and oxygen atoms in total. The maximum Gasteiger partial charge on any atom is 0.255 e. The molecule has 108 valence electrons. The maximum absolute atomic E-state index is 12.1. The Bertz CT molecular complexity index is 841. The maximum atomic E-state index is 12.1. The zero-order valence-corrected chi connectivity index (χ0v) is 11.9. The van der Waals surface area contributed by atoms with Gasteiger partial charge in [-0.05, 0) is 46.7 Å². The molecule has 0 fully saturated rings. The molecule has 0 saturated carbocycles. The summed E-state index contributed by atoms with van der Waals surface area (Å²) in [6.07, 6.45) is 1.60. The van der Waals surface area contributed by atoms with Crippen molar-refractivity contribution in [3.8, 4) is 0 Å². The predicted octanol–water partition coefficient (Wildman–Crippen LogP) is 3.38. The summed E-state index contributed by atoms with van der Waals surface area (Å²) in [4.78, 5) is 12.1. The van der Waals surface area contributed by atoms with Crippen LogP contribution < -0.4 is 11.2 Å². The van der Waals surface area contributed by atoms with Crippen LogP contribution in [0.2, 0.25) is 0 Å². The second-order valence-corrected chi connectivity index (χ2v) is 4.92. The van der Waals surface area contributed by atoms with Gasteiger partial charge in [0.2, 0.25) is 0 Å². The molecule has 3 aromatic rings. The number of amides is 1. The third kappa shape index (κ3) is 2.96. The number of hydrazone groups is 1. The highest BCUT2D eigenvalue weighted by atomic mass is 16.1. The molecule has 0 aromatic heterocycles. The van der Waals surface area contributed by atoms with Crippen molar-refractivity contribution in [2.24, 2.45) is 10.9 Å². The molecule has 1 amide bonds. The van der Waals surface area contributed by atoms with Crippen LogP contribution in [0.3, 0.4) is 0 Å². The second-order valence-electron chi connectivity index (χ2n) is 4.92. The Balaban J connectivity index is 1.86. The average molecular weight is 289 g/mol. The van der Waals surface area contributed by atoms with E-state index in [0.29, 0.717) is 5.56 Å². The first kappa shape index (κ1) is 13.8. The molecule has 0 bridgehead atoms. The van der Waals surface area contributed by atoms with Gasteiger partial charge in [0.25, 0.3) is 5.91 Å². The first-order chi connectivity index (χ1) is 10.8. The molecule has 3 rings (SSSR count). The van der Waals surface area contributed by atoms with Gasteiger partial charge in [-0.2, -0.15) is 5.10 Å². The Morgan fingerprint density at radius 1 is 0.955 bits per heavy atom. The molecular formula is C18H15N3O. The lowest BCUT2D eigenvalue weighted by molar-refractivity contribution is 0.102. The summed E-state index contributed by atoms with van der Waals surface area (Å²) in [6, 6.07) is 20.8. The van der Waals surface area contributed by atoms with Crippen molar-refractivity contribution in [2.75, 3.05) is 5.32 Å². The normalized spacial score (nSPS) is 10.9. The van der Waals surface area contributed by atoms with E-state index in [9.17, 15) is 4.79 Å². The summed E-state index contributed by atoms with van der Waals surface area (Å²) in [5.74, 6) is 5.04. The molecule has 0 spiro atoms. The molecule has 3 aromatic carbocycles. The van der Waals surface area contributed by atoms with Crippen LogP contribution in [0.1, 0.15) is 15.9 Å². The van der Waals surface area contributed by atoms with E-state index in [1.807, 2.05) is 54.6 Å². The van der Waals surface area contributed by atoms with Crippen molar-refractivity contribution in [3.63, 3.8) is 0 Å². The van der Waals surface area contributed by atoms with Crippen molar-refractivity contribution in [2.45, 2.75) is 0 Å². The van der Waals surface area contributed by atoms with Crippen molar-refractivity contribution < 1.29 is 4.79 Å². The van der Waals surface area contributed by atoms with Crippen LogP contribution in [0.5, 0.6) is 0 Å². The number of rotatable bonds is 3. The minimum Gasteiger partial charge on any atom is -0.323 e. The molecule has 0 saturated heterocycles. The van der Waals surface area contributed by atoms with E-state index in [1.165, 1.54) is 0 Å². The fraction of sp³-hybridized carbons (Fsp3) is 0. The third-order valence-corrected chi connectivity index (χ3v) is 3.38. The van der Waals surface area contributed by atoms with Gasteiger partial charge in [0.15, 0.2) is 0 Å². The lowest BCUT2D eigenvalue weighted by atomic mass is 10.1. The molecule has 0 aliphatic rings. The number of hydrogen-bond acceptors (Lipinski definition) is 3. The highest BCUT2D eigenvalue weighted by Crippen LogP contribution is 2.20. The lowest BCUT2D eigenvalue weighted by Crippen LogP contribution is -2.11. The molecule has 3 N–H and O–H groups in total. The fourth-order valence-electron chi connectivity index (χ4n) is 2.30. The van der Waals surface area contributed by atoms with Gasteiger partial charge in [-0.1, -0.05) is 36.4 Å². The molecule has 0 aliphatic carbocycles. The van der Waals surface area contributed by atoms with Crippen LogP contribution in [0.4, 0.5) is 5.69 Å². The van der Waals surface area contributed by atoms with Crippen molar-refractivity contribution >= 4 is 28.6 Å². The summed E-state index contributed by atoms with van der Waals surface area (Å²) in [5.41, 5.74) is 2.34. The number of anilines is 1. The highest BCUT2D eigenvalue weighted by molar-refractivity contribution is 6.05. The summed E-state index contributed by atoms with van der Waals surface area (Å²) in [7, 11) is 0. The van der Waals surface area contributed by atoms with E-state index in [2.05, 4.69) is 10.4 Å². The van der Waals surface area contributed by atoms with Gasteiger partial charge in [-0.15, -0.1) is 0 Å². The summed E-state index contributed by atoms with van der Waals surface area (Å²) < 4.78 is 0. The van der Waals surface area contributed by atoms with E-state index in [4.69, 9.17) is 5.84 Å². The Labute approximate surface area is 128 Å². The summed E-state index contributed by atoms with van der Waals surface area (Å²) in [5, 5.41) is 8.53. The molecule has 0 atom stereocenters. The second kappa shape index (κ2) is 6.10. The van der Waals surface area contributed by atoms with Crippen LogP contribution in [-0.2, 0) is 0 Å². The topological polar surface area (TPSA) is 67.5 Å². The van der Waals surface area contributed by atoms with Crippen molar-refractivity contribution in [1.82, 2.24) is 0 Å². The first-order valence-corrected chi connectivity index (χ1v) is 6.90. The van der Waals surface area contributed by atoms with E-state index in [0.717, 1.165) is 22.0 Å². The van der Waals surface area contributed by atoms with Gasteiger partial charge in [-0.3, -0.25) is 4.79 Å². The molecule has 4 heteroatoms. The van der Waals surface area contributed by atoms with E-state index < -0.39 is 0 Å². The molecule has 0 unspecified atom stereocenters. The molecule has 0 heterocycles. The fourth-order valence-corrected chi connectivity index (χ4v) is 2.30. The standard InChI is InChI=1S/C18H15N3O/c19-20-12-13-6-7-16-11-17(9-8-15(16)10-13)21-18(22)14-4-2-1-3-5-14/h1-12H,19H2,(H,21,22)/b20-12+. The van der Waals surface area contributed by atoms with Crippen LogP contribution in [0, 0.1) is 0 Å². The molecule has 0 radical (unpaired) electrons. The number of fused-ring (bicyclic) bond motifs is 1. The SMILES string of the molecule is N/N=C/c1ccc2cc(NC(=O)c3ccccc3)ccc2c1. The monoisotopic (exact) mass is 289 g/mol. The largest absolute Gasteiger partial charge is 0.323 e. The summed E-state index contributed by atoms with van der Waals surface area (Å²) in [6.45, 7) is 0. The van der Waals surface area contributed by atoms with E-state index in [1.54, 1.807) is 18.3 Å². The van der Waals surface area contributed by atoms with Crippen LogP contribution >= 0.6 is 0 Å². The number of nitrogens with one attached hydrogen (secondary N) is 1. The Kier molecular flexibility index (Phi) is 3.83. The molecular weight excluding hydrogens is 274 g/mol.